The van der Waals surface area contributed by atoms with Gasteiger partial charge >= 0.3 is 0 Å². The molecule has 30 heavy (non-hydrogen) atoms. The summed E-state index contributed by atoms with van der Waals surface area (Å²) < 4.78 is 7.68. The fraction of sp³-hybridized carbons (Fsp3) is 0.182. The first-order valence-electron chi connectivity index (χ1n) is 9.41. The van der Waals surface area contributed by atoms with E-state index in [0.717, 1.165) is 17.0 Å². The molecule has 3 aromatic heterocycles. The van der Waals surface area contributed by atoms with Gasteiger partial charge in [-0.3, -0.25) is 4.79 Å². The maximum absolute atomic E-state index is 12.3. The number of hydrogen-bond donors (Lipinski definition) is 1. The summed E-state index contributed by atoms with van der Waals surface area (Å²) in [6.45, 7) is 7.69. The van der Waals surface area contributed by atoms with E-state index in [2.05, 4.69) is 20.4 Å². The molecule has 4 aromatic rings. The molecule has 8 heteroatoms. The van der Waals surface area contributed by atoms with Crippen LogP contribution in [0.2, 0.25) is 0 Å². The zero-order valence-corrected chi connectivity index (χ0v) is 17.9. The zero-order valence-electron chi connectivity index (χ0n) is 17.1. The molecule has 152 valence electrons. The third kappa shape index (κ3) is 4.38. The molecular weight excluding hydrogens is 398 g/mol. The Morgan fingerprint density at radius 2 is 1.80 bits per heavy atom. The van der Waals surface area contributed by atoms with Gasteiger partial charge in [0.1, 0.15) is 11.6 Å². The normalized spacial score (nSPS) is 10.8. The second kappa shape index (κ2) is 8.08. The number of amides is 1. The van der Waals surface area contributed by atoms with E-state index in [0.29, 0.717) is 33.8 Å². The third-order valence-corrected chi connectivity index (χ3v) is 5.36. The lowest BCUT2D eigenvalue weighted by molar-refractivity contribution is 0.103. The number of benzene rings is 1. The number of rotatable bonds is 5. The molecular formula is C22H21N5O2S. The highest BCUT2D eigenvalue weighted by atomic mass is 32.1. The molecule has 0 saturated heterocycles. The van der Waals surface area contributed by atoms with E-state index < -0.39 is 0 Å². The van der Waals surface area contributed by atoms with Crippen molar-refractivity contribution >= 4 is 22.9 Å². The van der Waals surface area contributed by atoms with Crippen LogP contribution in [0.15, 0.2) is 47.8 Å². The van der Waals surface area contributed by atoms with Crippen LogP contribution in [0.3, 0.4) is 0 Å². The van der Waals surface area contributed by atoms with E-state index in [9.17, 15) is 4.79 Å². The van der Waals surface area contributed by atoms with Crippen LogP contribution in [-0.2, 0) is 0 Å². The SMILES string of the molecule is Cc1csc(C(=O)Nc2ccc(Oc3cc(-n4nc(C)cc4C)nc(C)n3)cc2)c1. The standard InChI is InChI=1S/C22H21N5O2S/c1-13-9-19(30-12-13)22(28)25-17-5-7-18(8-6-17)29-21-11-20(23-16(4)24-21)27-15(3)10-14(2)26-27/h5-12H,1-4H3,(H,25,28). The van der Waals surface area contributed by atoms with Gasteiger partial charge in [0.15, 0.2) is 5.82 Å². The quantitative estimate of drug-likeness (QED) is 0.492. The highest BCUT2D eigenvalue weighted by Crippen LogP contribution is 2.24. The molecule has 0 radical (unpaired) electrons. The number of ether oxygens (including phenoxy) is 1. The van der Waals surface area contributed by atoms with Gasteiger partial charge in [-0.25, -0.2) is 9.67 Å². The van der Waals surface area contributed by atoms with Crippen molar-refractivity contribution in [2.75, 3.05) is 5.32 Å². The number of nitrogens with zero attached hydrogens (tertiary/aromatic N) is 4. The minimum absolute atomic E-state index is 0.122. The van der Waals surface area contributed by atoms with Gasteiger partial charge < -0.3 is 10.1 Å². The summed E-state index contributed by atoms with van der Waals surface area (Å²) >= 11 is 1.43. The molecule has 0 bridgehead atoms. The van der Waals surface area contributed by atoms with Gasteiger partial charge in [-0.05, 0) is 75.0 Å². The van der Waals surface area contributed by atoms with Crippen LogP contribution in [0, 0.1) is 27.7 Å². The van der Waals surface area contributed by atoms with E-state index in [4.69, 9.17) is 4.74 Å². The van der Waals surface area contributed by atoms with E-state index in [-0.39, 0.29) is 5.91 Å². The zero-order chi connectivity index (χ0) is 21.3. The monoisotopic (exact) mass is 419 g/mol. The van der Waals surface area contributed by atoms with Crippen LogP contribution in [0.1, 0.15) is 32.4 Å². The number of anilines is 1. The number of thiophene rings is 1. The average Bonchev–Trinajstić information content (AvgIpc) is 3.27. The Labute approximate surface area is 178 Å². The molecule has 7 nitrogen and oxygen atoms in total. The number of carbonyl (C=O) groups is 1. The first-order valence-corrected chi connectivity index (χ1v) is 10.3. The van der Waals surface area contributed by atoms with Gasteiger partial charge in [0.2, 0.25) is 5.88 Å². The first kappa shape index (κ1) is 19.8. The van der Waals surface area contributed by atoms with Crippen molar-refractivity contribution in [1.82, 2.24) is 19.7 Å². The van der Waals surface area contributed by atoms with Crippen molar-refractivity contribution in [2.45, 2.75) is 27.7 Å². The highest BCUT2D eigenvalue weighted by molar-refractivity contribution is 7.12. The summed E-state index contributed by atoms with van der Waals surface area (Å²) in [5.41, 5.74) is 3.67. The Bertz CT molecular complexity index is 1210. The number of aromatic nitrogens is 4. The molecule has 4 rings (SSSR count). The van der Waals surface area contributed by atoms with Crippen molar-refractivity contribution in [3.63, 3.8) is 0 Å². The van der Waals surface area contributed by atoms with Gasteiger partial charge in [-0.15, -0.1) is 11.3 Å². The van der Waals surface area contributed by atoms with Crippen LogP contribution in [-0.4, -0.2) is 25.7 Å². The Balaban J connectivity index is 1.49. The number of hydrogen-bond acceptors (Lipinski definition) is 6. The molecule has 0 spiro atoms. The molecule has 0 aliphatic carbocycles. The van der Waals surface area contributed by atoms with Gasteiger partial charge in [0, 0.05) is 17.4 Å². The lowest BCUT2D eigenvalue weighted by Crippen LogP contribution is -2.09. The molecule has 0 fully saturated rings. The van der Waals surface area contributed by atoms with Crippen LogP contribution >= 0.6 is 11.3 Å². The van der Waals surface area contributed by atoms with Crippen molar-refractivity contribution in [3.8, 4) is 17.4 Å². The van der Waals surface area contributed by atoms with Gasteiger partial charge in [0.05, 0.1) is 10.6 Å². The second-order valence-electron chi connectivity index (χ2n) is 7.02. The predicted molar refractivity (Wildman–Crippen MR) is 117 cm³/mol. The molecule has 0 atom stereocenters. The molecule has 1 N–H and O–H groups in total. The topological polar surface area (TPSA) is 81.9 Å². The van der Waals surface area contributed by atoms with Crippen molar-refractivity contribution < 1.29 is 9.53 Å². The molecule has 1 amide bonds. The fourth-order valence-electron chi connectivity index (χ4n) is 3.02. The Kier molecular flexibility index (Phi) is 5.33. The Hall–Kier alpha value is -3.52. The maximum atomic E-state index is 12.3. The van der Waals surface area contributed by atoms with E-state index in [1.807, 2.05) is 45.2 Å². The number of aryl methyl sites for hydroxylation is 4. The highest BCUT2D eigenvalue weighted by Gasteiger charge is 2.11. The van der Waals surface area contributed by atoms with E-state index in [1.54, 1.807) is 35.0 Å². The smallest absolute Gasteiger partial charge is 0.265 e. The van der Waals surface area contributed by atoms with Crippen LogP contribution in [0.4, 0.5) is 5.69 Å². The van der Waals surface area contributed by atoms with E-state index in [1.165, 1.54) is 11.3 Å². The minimum atomic E-state index is -0.122. The summed E-state index contributed by atoms with van der Waals surface area (Å²) in [6.07, 6.45) is 0. The summed E-state index contributed by atoms with van der Waals surface area (Å²) in [5.74, 6) is 2.15. The lowest BCUT2D eigenvalue weighted by Gasteiger charge is -2.10. The van der Waals surface area contributed by atoms with Crippen LogP contribution in [0.5, 0.6) is 11.6 Å². The van der Waals surface area contributed by atoms with Crippen molar-refractivity contribution in [1.29, 1.82) is 0 Å². The third-order valence-electron chi connectivity index (χ3n) is 4.32. The first-order chi connectivity index (χ1) is 14.4. The summed E-state index contributed by atoms with van der Waals surface area (Å²) in [4.78, 5) is 21.8. The Morgan fingerprint density at radius 3 is 2.43 bits per heavy atom. The molecule has 0 unspecified atom stereocenters. The van der Waals surface area contributed by atoms with Gasteiger partial charge in [-0.2, -0.15) is 10.1 Å². The van der Waals surface area contributed by atoms with E-state index >= 15 is 0 Å². The van der Waals surface area contributed by atoms with Gasteiger partial charge in [0.25, 0.3) is 5.91 Å². The molecule has 3 heterocycles. The molecule has 0 aliphatic heterocycles. The number of nitrogens with one attached hydrogen (secondary N) is 1. The van der Waals surface area contributed by atoms with Crippen molar-refractivity contribution in [3.05, 3.63) is 75.5 Å². The molecule has 0 saturated carbocycles. The summed E-state index contributed by atoms with van der Waals surface area (Å²) in [7, 11) is 0. The van der Waals surface area contributed by atoms with Crippen molar-refractivity contribution in [2.24, 2.45) is 0 Å². The summed E-state index contributed by atoms with van der Waals surface area (Å²) in [5, 5.41) is 9.31. The molecule has 0 aliphatic rings. The average molecular weight is 420 g/mol. The maximum Gasteiger partial charge on any atom is 0.265 e. The van der Waals surface area contributed by atoms with Crippen LogP contribution in [0.25, 0.3) is 5.82 Å². The minimum Gasteiger partial charge on any atom is -0.439 e. The number of carbonyl (C=O) groups excluding carboxylic acids is 1. The predicted octanol–water partition coefficient (Wildman–Crippen LogP) is 5.00. The lowest BCUT2D eigenvalue weighted by atomic mass is 10.3. The van der Waals surface area contributed by atoms with Crippen LogP contribution < -0.4 is 10.1 Å². The summed E-state index contributed by atoms with van der Waals surface area (Å²) in [6, 6.07) is 12.8. The largest absolute Gasteiger partial charge is 0.439 e. The Morgan fingerprint density at radius 1 is 1.03 bits per heavy atom. The fourth-order valence-corrected chi connectivity index (χ4v) is 3.81. The van der Waals surface area contributed by atoms with Gasteiger partial charge in [-0.1, -0.05) is 0 Å². The molecule has 1 aromatic carbocycles. The second-order valence-corrected chi connectivity index (χ2v) is 7.93.